The molecule has 2 aliphatic carbocycles. The van der Waals surface area contributed by atoms with E-state index in [0.29, 0.717) is 0 Å². The Morgan fingerprint density at radius 2 is 1.80 bits per heavy atom. The van der Waals surface area contributed by atoms with Crippen LogP contribution < -0.4 is 28.8 Å². The first-order valence-corrected chi connectivity index (χ1v) is 9.97. The summed E-state index contributed by atoms with van der Waals surface area (Å²) in [6.07, 6.45) is 2.67. The first-order valence-electron chi connectivity index (χ1n) is 8.41. The summed E-state index contributed by atoms with van der Waals surface area (Å²) in [5.74, 6) is 0.747. The van der Waals surface area contributed by atoms with Gasteiger partial charge in [0.05, 0.1) is 0 Å². The number of H-pyrrole nitrogens is 1. The summed E-state index contributed by atoms with van der Waals surface area (Å²) >= 11 is -0.302. The fourth-order valence-electron chi connectivity index (χ4n) is 4.30. The van der Waals surface area contributed by atoms with E-state index in [1.54, 1.807) is 20.6 Å². The van der Waals surface area contributed by atoms with Crippen LogP contribution in [0.15, 0.2) is 48.0 Å². The molecule has 0 amide bonds. The maximum absolute atomic E-state index is 3.74. The molecule has 2 aromatic carbocycles. The number of rotatable bonds is 2. The predicted octanol–water partition coefficient (Wildman–Crippen LogP) is -1.20. The number of allylic oxidation sites excluding steroid dienone is 1. The third-order valence-corrected chi connectivity index (χ3v) is 8.07. The summed E-state index contributed by atoms with van der Waals surface area (Å²) < 4.78 is 3.23. The quantitative estimate of drug-likeness (QED) is 0.517. The average Bonchev–Trinajstić information content (AvgIpc) is 2.93. The summed E-state index contributed by atoms with van der Waals surface area (Å²) in [6, 6.07) is 15.7. The fraction of sp³-hybridized carbons (Fsp3) is 0.238. The zero-order valence-corrected chi connectivity index (χ0v) is 17.4. The van der Waals surface area contributed by atoms with E-state index < -0.39 is 0 Å². The molecule has 1 atom stereocenters. The number of hydrogen-bond donors (Lipinski definition) is 1. The molecule has 25 heavy (non-hydrogen) atoms. The van der Waals surface area contributed by atoms with Gasteiger partial charge in [-0.05, 0) is 0 Å². The average molecular weight is 404 g/mol. The van der Waals surface area contributed by atoms with Gasteiger partial charge in [0.25, 0.3) is 0 Å². The van der Waals surface area contributed by atoms with Crippen molar-refractivity contribution in [1.29, 1.82) is 0 Å². The van der Waals surface area contributed by atoms with Crippen molar-refractivity contribution in [1.82, 2.24) is 4.98 Å². The first kappa shape index (κ1) is 18.8. The molecule has 1 heterocycles. The van der Waals surface area contributed by atoms with E-state index in [1.165, 1.54) is 38.9 Å². The van der Waals surface area contributed by atoms with Crippen molar-refractivity contribution in [2.24, 2.45) is 0 Å². The minimum atomic E-state index is -0.302. The van der Waals surface area contributed by atoms with Crippen molar-refractivity contribution in [3.63, 3.8) is 0 Å². The van der Waals surface area contributed by atoms with Crippen LogP contribution >= 0.6 is 0 Å². The number of fused-ring (bicyclic) bond motifs is 4. The van der Waals surface area contributed by atoms with Crippen LogP contribution in [0.1, 0.15) is 41.0 Å². The molecule has 126 valence electrons. The molecule has 1 unspecified atom stereocenters. The van der Waals surface area contributed by atoms with E-state index in [4.69, 9.17) is 0 Å². The van der Waals surface area contributed by atoms with E-state index in [9.17, 15) is 0 Å². The van der Waals surface area contributed by atoms with Gasteiger partial charge in [0.15, 0.2) is 0 Å². The standard InChI is InChI=1S/C11H9.C10H10N.2ClH.Ti/c1-2-4-10-8(3-1)7-9-5-6-11(9)10;1-7-4-3-5-9-10(7)8(2)6-11-9;;;/h1-4,11H,5-6H2;3-5,11H,1-2H3;2*1H;/q;;;;+2/p-2. The van der Waals surface area contributed by atoms with Gasteiger partial charge in [-0.25, -0.2) is 0 Å². The number of hydrogen-bond acceptors (Lipinski definition) is 0. The third kappa shape index (κ3) is 2.73. The number of benzene rings is 2. The molecule has 2 aliphatic rings. The van der Waals surface area contributed by atoms with E-state index in [2.05, 4.69) is 61.3 Å². The maximum Gasteiger partial charge on any atom is -1.00 e. The van der Waals surface area contributed by atoms with E-state index in [1.807, 2.05) is 0 Å². The third-order valence-electron chi connectivity index (χ3n) is 5.58. The molecule has 1 nitrogen and oxygen atoms in total. The number of aromatic amines is 1. The van der Waals surface area contributed by atoms with Crippen LogP contribution in [-0.2, 0) is 19.2 Å². The predicted molar refractivity (Wildman–Crippen MR) is 92.7 cm³/mol. The van der Waals surface area contributed by atoms with Gasteiger partial charge in [0.2, 0.25) is 0 Å². The Hall–Kier alpha value is -0.986. The first-order chi connectivity index (χ1) is 11.2. The van der Waals surface area contributed by atoms with E-state index in [0.717, 1.165) is 5.92 Å². The van der Waals surface area contributed by atoms with Crippen LogP contribution in [0.25, 0.3) is 14.8 Å². The van der Waals surface area contributed by atoms with Gasteiger partial charge in [0.1, 0.15) is 0 Å². The monoisotopic (exact) mass is 403 g/mol. The molecular formula is C21H19Cl2NTi. The largest absolute Gasteiger partial charge is 1.00 e. The zero-order valence-electron chi connectivity index (χ0n) is 14.3. The molecule has 4 heteroatoms. The number of aryl methyl sites for hydroxylation is 2. The molecule has 0 spiro atoms. The van der Waals surface area contributed by atoms with Crippen LogP contribution in [0.2, 0.25) is 0 Å². The molecule has 1 aromatic heterocycles. The minimum Gasteiger partial charge on any atom is -1.00 e. The van der Waals surface area contributed by atoms with Gasteiger partial charge in [-0.1, -0.05) is 0 Å². The molecule has 3 aromatic rings. The molecule has 0 radical (unpaired) electrons. The summed E-state index contributed by atoms with van der Waals surface area (Å²) in [5.41, 5.74) is 9.08. The topological polar surface area (TPSA) is 15.8 Å². The molecule has 5 rings (SSSR count). The Labute approximate surface area is 170 Å². The zero-order chi connectivity index (χ0) is 15.6. The molecular weight excluding hydrogens is 385 g/mol. The molecule has 1 fully saturated rings. The smallest absolute Gasteiger partial charge is 1.00 e. The van der Waals surface area contributed by atoms with Crippen molar-refractivity contribution in [2.45, 2.75) is 32.6 Å². The normalized spacial score (nSPS) is 17.1. The Morgan fingerprint density at radius 1 is 1.00 bits per heavy atom. The van der Waals surface area contributed by atoms with Crippen molar-refractivity contribution >= 4 is 18.8 Å². The molecule has 1 saturated carbocycles. The van der Waals surface area contributed by atoms with E-state index in [-0.39, 0.29) is 44.0 Å². The van der Waals surface area contributed by atoms with Crippen LogP contribution in [0, 0.1) is 13.8 Å². The Morgan fingerprint density at radius 3 is 2.52 bits per heavy atom. The number of nitrogens with one attached hydrogen (secondary N) is 1. The minimum absolute atomic E-state index is 0. The Bertz CT molecular complexity index is 987. The van der Waals surface area contributed by atoms with Crippen molar-refractivity contribution in [3.05, 3.63) is 70.3 Å². The number of halogens is 2. The second-order valence-electron chi connectivity index (χ2n) is 6.83. The molecule has 0 aliphatic heterocycles. The fourth-order valence-corrected chi connectivity index (χ4v) is 6.77. The Kier molecular flexibility index (Phi) is 5.24. The maximum atomic E-state index is 3.74. The van der Waals surface area contributed by atoms with Gasteiger partial charge < -0.3 is 24.8 Å². The summed E-state index contributed by atoms with van der Waals surface area (Å²) in [6.45, 7) is 4.52. The van der Waals surface area contributed by atoms with Crippen LogP contribution in [0.5, 0.6) is 0 Å². The molecule has 1 N–H and O–H groups in total. The van der Waals surface area contributed by atoms with Gasteiger partial charge in [-0.2, -0.15) is 0 Å². The summed E-state index contributed by atoms with van der Waals surface area (Å²) in [4.78, 5) is 3.74. The Balaban J connectivity index is 0.000000911. The molecule has 0 bridgehead atoms. The van der Waals surface area contributed by atoms with Crippen LogP contribution in [0.4, 0.5) is 0 Å². The second kappa shape index (κ2) is 6.97. The van der Waals surface area contributed by atoms with Crippen molar-refractivity contribution in [2.75, 3.05) is 0 Å². The van der Waals surface area contributed by atoms with Gasteiger partial charge in [-0.3, -0.25) is 0 Å². The number of aromatic nitrogens is 1. The van der Waals surface area contributed by atoms with Crippen LogP contribution in [0.3, 0.4) is 0 Å². The SMILES string of the molecule is Cc1cccc2[nH][c]([Ti+2][C]3=C4CCC4c4ccccc43)c(C)c12.[Cl-].[Cl-]. The summed E-state index contributed by atoms with van der Waals surface area (Å²) in [7, 11) is 0. The van der Waals surface area contributed by atoms with E-state index >= 15 is 0 Å². The van der Waals surface area contributed by atoms with Crippen LogP contribution in [-0.4, -0.2) is 4.98 Å². The molecule has 0 saturated heterocycles. The van der Waals surface area contributed by atoms with Crippen molar-refractivity contribution < 1.29 is 44.0 Å². The van der Waals surface area contributed by atoms with Gasteiger partial charge in [-0.15, -0.1) is 0 Å². The van der Waals surface area contributed by atoms with Gasteiger partial charge in [0, 0.05) is 0 Å². The summed E-state index contributed by atoms with van der Waals surface area (Å²) in [5, 5.41) is 1.44. The van der Waals surface area contributed by atoms with Crippen molar-refractivity contribution in [3.8, 4) is 0 Å². The van der Waals surface area contributed by atoms with Gasteiger partial charge >= 0.3 is 146 Å². The second-order valence-corrected chi connectivity index (χ2v) is 8.78.